The Kier molecular flexibility index (Phi) is 3.04. The van der Waals surface area contributed by atoms with E-state index in [2.05, 4.69) is 20.9 Å². The molecular formula is C8H8BrF3N2. The van der Waals surface area contributed by atoms with Crippen LogP contribution in [0.4, 0.5) is 18.9 Å². The van der Waals surface area contributed by atoms with E-state index < -0.39 is 11.9 Å². The summed E-state index contributed by atoms with van der Waals surface area (Å²) < 4.78 is 37.1. The summed E-state index contributed by atoms with van der Waals surface area (Å²) in [6.45, 7) is 1.70. The van der Waals surface area contributed by atoms with Gasteiger partial charge >= 0.3 is 6.18 Å². The van der Waals surface area contributed by atoms with Gasteiger partial charge < -0.3 is 5.73 Å². The number of nitrogens with zero attached hydrogens (tertiary/aromatic N) is 1. The molecule has 0 saturated heterocycles. The normalized spacial score (nSPS) is 11.8. The highest BCUT2D eigenvalue weighted by Gasteiger charge is 2.33. The van der Waals surface area contributed by atoms with Crippen LogP contribution in [-0.4, -0.2) is 4.98 Å². The Bertz CT molecular complexity index is 349. The van der Waals surface area contributed by atoms with Crippen LogP contribution in [0.5, 0.6) is 0 Å². The van der Waals surface area contributed by atoms with Crippen LogP contribution in [0.15, 0.2) is 10.5 Å². The third kappa shape index (κ3) is 2.17. The fraction of sp³-hybridized carbons (Fsp3) is 0.375. The molecule has 0 unspecified atom stereocenters. The van der Waals surface area contributed by atoms with Gasteiger partial charge in [0.1, 0.15) is 5.69 Å². The van der Waals surface area contributed by atoms with Crippen molar-refractivity contribution in [2.45, 2.75) is 19.5 Å². The van der Waals surface area contributed by atoms with Crippen LogP contribution >= 0.6 is 15.9 Å². The first-order valence-electron chi connectivity index (χ1n) is 3.88. The van der Waals surface area contributed by atoms with Gasteiger partial charge in [0, 0.05) is 4.47 Å². The van der Waals surface area contributed by atoms with E-state index in [-0.39, 0.29) is 15.9 Å². The molecule has 1 aromatic heterocycles. The molecular weight excluding hydrogens is 261 g/mol. The van der Waals surface area contributed by atoms with Gasteiger partial charge in [0.25, 0.3) is 0 Å². The zero-order valence-electron chi connectivity index (χ0n) is 7.32. The predicted octanol–water partition coefficient (Wildman–Crippen LogP) is 3.01. The zero-order valence-corrected chi connectivity index (χ0v) is 8.91. The second-order valence-corrected chi connectivity index (χ2v) is 3.56. The largest absolute Gasteiger partial charge is 0.433 e. The SMILES string of the molecule is CCc1nc(C(F)(F)F)cc(Br)c1N. The van der Waals surface area contributed by atoms with Crippen LogP contribution in [-0.2, 0) is 12.6 Å². The highest BCUT2D eigenvalue weighted by Crippen LogP contribution is 2.32. The zero-order chi connectivity index (χ0) is 10.9. The van der Waals surface area contributed by atoms with E-state index in [1.165, 1.54) is 0 Å². The minimum absolute atomic E-state index is 0.233. The maximum atomic E-state index is 12.3. The predicted molar refractivity (Wildman–Crippen MR) is 50.7 cm³/mol. The second-order valence-electron chi connectivity index (χ2n) is 2.70. The van der Waals surface area contributed by atoms with Crippen molar-refractivity contribution in [2.75, 3.05) is 5.73 Å². The van der Waals surface area contributed by atoms with Crippen molar-refractivity contribution >= 4 is 21.6 Å². The van der Waals surface area contributed by atoms with Gasteiger partial charge in [0.2, 0.25) is 0 Å². The number of pyridine rings is 1. The van der Waals surface area contributed by atoms with Crippen molar-refractivity contribution in [3.63, 3.8) is 0 Å². The smallest absolute Gasteiger partial charge is 0.396 e. The van der Waals surface area contributed by atoms with E-state index in [0.29, 0.717) is 6.42 Å². The van der Waals surface area contributed by atoms with Crippen LogP contribution in [0.2, 0.25) is 0 Å². The lowest BCUT2D eigenvalue weighted by Gasteiger charge is -2.10. The molecule has 78 valence electrons. The topological polar surface area (TPSA) is 38.9 Å². The Labute approximate surface area is 87.4 Å². The molecule has 1 heterocycles. The van der Waals surface area contributed by atoms with Crippen molar-refractivity contribution in [1.29, 1.82) is 0 Å². The molecule has 0 saturated carbocycles. The first-order valence-corrected chi connectivity index (χ1v) is 4.67. The number of aromatic nitrogens is 1. The minimum atomic E-state index is -4.43. The third-order valence-corrected chi connectivity index (χ3v) is 2.37. The quantitative estimate of drug-likeness (QED) is 0.851. The van der Waals surface area contributed by atoms with Crippen LogP contribution in [0.3, 0.4) is 0 Å². The molecule has 2 nitrogen and oxygen atoms in total. The summed E-state index contributed by atoms with van der Waals surface area (Å²) in [5.41, 5.74) is 5.13. The molecule has 0 aliphatic heterocycles. The number of hydrogen-bond acceptors (Lipinski definition) is 2. The summed E-state index contributed by atoms with van der Waals surface area (Å²) in [4.78, 5) is 3.44. The number of rotatable bonds is 1. The molecule has 0 radical (unpaired) electrons. The van der Waals surface area contributed by atoms with E-state index in [0.717, 1.165) is 6.07 Å². The Morgan fingerprint density at radius 2 is 2.07 bits per heavy atom. The number of hydrogen-bond donors (Lipinski definition) is 1. The average molecular weight is 269 g/mol. The molecule has 0 bridgehead atoms. The van der Waals surface area contributed by atoms with E-state index in [4.69, 9.17) is 5.73 Å². The van der Waals surface area contributed by atoms with Crippen molar-refractivity contribution in [1.82, 2.24) is 4.98 Å². The molecule has 0 aliphatic carbocycles. The molecule has 2 N–H and O–H groups in total. The summed E-state index contributed by atoms with van der Waals surface area (Å²) in [7, 11) is 0. The van der Waals surface area contributed by atoms with Crippen molar-refractivity contribution < 1.29 is 13.2 Å². The Balaban J connectivity index is 3.30. The van der Waals surface area contributed by atoms with Gasteiger partial charge in [-0.15, -0.1) is 0 Å². The molecule has 0 aromatic carbocycles. The number of anilines is 1. The first kappa shape index (κ1) is 11.3. The van der Waals surface area contributed by atoms with Crippen molar-refractivity contribution in [2.24, 2.45) is 0 Å². The molecule has 14 heavy (non-hydrogen) atoms. The van der Waals surface area contributed by atoms with Gasteiger partial charge in [-0.3, -0.25) is 0 Å². The fourth-order valence-electron chi connectivity index (χ4n) is 0.988. The lowest BCUT2D eigenvalue weighted by molar-refractivity contribution is -0.141. The van der Waals surface area contributed by atoms with Crippen LogP contribution in [0, 0.1) is 0 Å². The minimum Gasteiger partial charge on any atom is -0.396 e. The second kappa shape index (κ2) is 3.76. The molecule has 1 aromatic rings. The fourth-order valence-corrected chi connectivity index (χ4v) is 1.43. The lowest BCUT2D eigenvalue weighted by atomic mass is 10.2. The summed E-state index contributed by atoms with van der Waals surface area (Å²) in [6.07, 6.45) is -4.06. The van der Waals surface area contributed by atoms with Gasteiger partial charge in [-0.25, -0.2) is 4.98 Å². The first-order chi connectivity index (χ1) is 6.36. The van der Waals surface area contributed by atoms with Gasteiger partial charge in [-0.1, -0.05) is 6.92 Å². The molecule has 1 rings (SSSR count). The summed E-state index contributed by atoms with van der Waals surface area (Å²) in [5.74, 6) is 0. The highest BCUT2D eigenvalue weighted by molar-refractivity contribution is 9.10. The molecule has 0 spiro atoms. The van der Waals surface area contributed by atoms with E-state index >= 15 is 0 Å². The average Bonchev–Trinajstić information content (AvgIpc) is 2.07. The van der Waals surface area contributed by atoms with Crippen LogP contribution in [0.1, 0.15) is 18.3 Å². The van der Waals surface area contributed by atoms with Gasteiger partial charge in [-0.2, -0.15) is 13.2 Å². The Morgan fingerprint density at radius 1 is 1.50 bits per heavy atom. The van der Waals surface area contributed by atoms with E-state index in [1.54, 1.807) is 6.92 Å². The summed E-state index contributed by atoms with van der Waals surface area (Å²) in [6, 6.07) is 0.883. The Morgan fingerprint density at radius 3 is 2.50 bits per heavy atom. The third-order valence-electron chi connectivity index (χ3n) is 1.71. The Hall–Kier alpha value is -0.780. The van der Waals surface area contributed by atoms with Crippen LogP contribution in [0.25, 0.3) is 0 Å². The number of aryl methyl sites for hydroxylation is 1. The summed E-state index contributed by atoms with van der Waals surface area (Å²) in [5, 5.41) is 0. The molecule has 6 heteroatoms. The number of halogens is 4. The number of nitrogen functional groups attached to an aromatic ring is 1. The molecule has 0 amide bonds. The molecule has 0 aliphatic rings. The number of nitrogens with two attached hydrogens (primary N) is 1. The van der Waals surface area contributed by atoms with Gasteiger partial charge in [-0.05, 0) is 28.4 Å². The maximum absolute atomic E-state index is 12.3. The van der Waals surface area contributed by atoms with Crippen molar-refractivity contribution in [3.8, 4) is 0 Å². The number of alkyl halides is 3. The maximum Gasteiger partial charge on any atom is 0.433 e. The molecule has 0 atom stereocenters. The van der Waals surface area contributed by atoms with Crippen molar-refractivity contribution in [3.05, 3.63) is 21.9 Å². The van der Waals surface area contributed by atoms with Gasteiger partial charge in [0.05, 0.1) is 11.4 Å². The standard InChI is InChI=1S/C8H8BrF3N2/c1-2-5-7(13)4(9)3-6(14-5)8(10,11)12/h3H,2,13H2,1H3. The highest BCUT2D eigenvalue weighted by atomic mass is 79.9. The summed E-state index contributed by atoms with van der Waals surface area (Å²) >= 11 is 2.97. The van der Waals surface area contributed by atoms with Gasteiger partial charge in [0.15, 0.2) is 0 Å². The lowest BCUT2D eigenvalue weighted by Crippen LogP contribution is -2.11. The molecule has 0 fully saturated rings. The monoisotopic (exact) mass is 268 g/mol. The van der Waals surface area contributed by atoms with E-state index in [9.17, 15) is 13.2 Å². The van der Waals surface area contributed by atoms with E-state index in [1.807, 2.05) is 0 Å². The van der Waals surface area contributed by atoms with Crippen LogP contribution < -0.4 is 5.73 Å².